The zero-order valence-corrected chi connectivity index (χ0v) is 50.7. The molecule has 0 amide bonds. The summed E-state index contributed by atoms with van der Waals surface area (Å²) < 4.78 is 83.0. The van der Waals surface area contributed by atoms with Gasteiger partial charge in [0, 0.05) is 86.6 Å². The highest BCUT2D eigenvalue weighted by Gasteiger charge is 2.55. The van der Waals surface area contributed by atoms with E-state index < -0.39 is 109 Å². The van der Waals surface area contributed by atoms with E-state index in [0.717, 1.165) is 13.8 Å². The standard InChI is InChI=1S/C62H68N6O22/c1-31(69)83-55-49(89-53(57(85-33(3)71)59(55)87-35(5)73)45-23-47(77-7)41-18-11-13-20-43(41)51(45)79-9)27-67-25-39(63-65-67)29-81-61(75)37-16-15-17-38(22-37)62(76)82-30-40-26-68(66-64-40)28-50-56(84-32(2)70)60(88-36(6)74)58(86-34(4)72)54(90-50)46-24-48(78-8)42-19-12-14-21-44(42)52(46)80-10/h11-26,49-50,53-60,63-66H,27-30H2,1-10H3/t49-,50-,53+,54+,55+,56+,57+,58+,59+,60+/m1/s1. The van der Waals surface area contributed by atoms with Crippen LogP contribution in [0, 0.1) is 0 Å². The Bertz CT molecular complexity index is 3410. The second-order valence-corrected chi connectivity index (χ2v) is 20.9. The Morgan fingerprint density at radius 1 is 0.422 bits per heavy atom. The summed E-state index contributed by atoms with van der Waals surface area (Å²) in [4.78, 5) is 104. The first-order valence-electron chi connectivity index (χ1n) is 28.2. The topological polar surface area (TPSA) is 320 Å². The summed E-state index contributed by atoms with van der Waals surface area (Å²) in [6.45, 7) is 6.19. The first kappa shape index (κ1) is 64.6. The van der Waals surface area contributed by atoms with Gasteiger partial charge in [0.2, 0.25) is 0 Å². The fraction of sp³-hybridized carbons (Fsp3) is 0.387. The summed E-state index contributed by atoms with van der Waals surface area (Å²) in [5.74, 6) is -4.51. The average molecular weight is 1250 g/mol. The third-order valence-corrected chi connectivity index (χ3v) is 14.7. The van der Waals surface area contributed by atoms with Gasteiger partial charge < -0.3 is 77.2 Å². The van der Waals surface area contributed by atoms with Crippen molar-refractivity contribution in [2.75, 3.05) is 54.7 Å². The monoisotopic (exact) mass is 1250 g/mol. The number of carbonyl (C=O) groups excluding carboxylic acids is 8. The van der Waals surface area contributed by atoms with E-state index >= 15 is 0 Å². The molecule has 0 unspecified atom stereocenters. The van der Waals surface area contributed by atoms with E-state index in [1.165, 1.54) is 90.4 Å². The molecule has 0 bridgehead atoms. The largest absolute Gasteiger partial charge is 0.496 e. The summed E-state index contributed by atoms with van der Waals surface area (Å²) >= 11 is 0. The fourth-order valence-electron chi connectivity index (χ4n) is 11.2. The zero-order valence-electron chi connectivity index (χ0n) is 50.7. The molecule has 5 aromatic carbocycles. The number of nitrogens with zero attached hydrogens (tertiary/aromatic N) is 2. The maximum atomic E-state index is 13.5. The molecule has 0 saturated carbocycles. The Hall–Kier alpha value is -9.90. The second kappa shape index (κ2) is 28.5. The van der Waals surface area contributed by atoms with Crippen LogP contribution in [0.25, 0.3) is 21.5 Å². The van der Waals surface area contributed by atoms with Gasteiger partial charge >= 0.3 is 47.8 Å². The van der Waals surface area contributed by atoms with Crippen LogP contribution in [-0.4, -0.2) is 161 Å². The average Bonchev–Trinajstić information content (AvgIpc) is 0.797. The van der Waals surface area contributed by atoms with Gasteiger partial charge in [-0.15, -0.1) is 11.1 Å². The van der Waals surface area contributed by atoms with Crippen molar-refractivity contribution in [3.63, 3.8) is 0 Å². The molecule has 4 aliphatic rings. The predicted molar refractivity (Wildman–Crippen MR) is 312 cm³/mol. The van der Waals surface area contributed by atoms with Gasteiger partial charge in [-0.1, -0.05) is 54.6 Å². The van der Waals surface area contributed by atoms with Crippen molar-refractivity contribution in [1.82, 2.24) is 31.9 Å². The van der Waals surface area contributed by atoms with Crippen molar-refractivity contribution in [1.29, 1.82) is 0 Å². The van der Waals surface area contributed by atoms with Gasteiger partial charge in [-0.05, 0) is 30.3 Å². The highest BCUT2D eigenvalue weighted by atomic mass is 16.7. The summed E-state index contributed by atoms with van der Waals surface area (Å²) in [5, 5.41) is 5.73. The smallest absolute Gasteiger partial charge is 0.338 e. The maximum Gasteiger partial charge on any atom is 0.338 e. The number of hydrogen-bond acceptors (Lipinski definition) is 28. The van der Waals surface area contributed by atoms with E-state index in [4.69, 9.17) is 66.3 Å². The second-order valence-electron chi connectivity index (χ2n) is 20.9. The first-order chi connectivity index (χ1) is 43.2. The first-order valence-corrected chi connectivity index (χ1v) is 28.2. The Balaban J connectivity index is 0.867. The van der Waals surface area contributed by atoms with Crippen molar-refractivity contribution in [2.45, 2.75) is 103 Å². The van der Waals surface area contributed by atoms with Crippen molar-refractivity contribution in [3.8, 4) is 23.0 Å². The minimum Gasteiger partial charge on any atom is -0.496 e. The Morgan fingerprint density at radius 2 is 0.767 bits per heavy atom. The highest BCUT2D eigenvalue weighted by Crippen LogP contribution is 2.48. The number of methoxy groups -OCH3 is 4. The maximum absolute atomic E-state index is 13.5. The lowest BCUT2D eigenvalue weighted by molar-refractivity contribution is -0.251. The minimum absolute atomic E-state index is 0.0141. The molecule has 2 saturated heterocycles. The van der Waals surface area contributed by atoms with Crippen LogP contribution in [0.3, 0.4) is 0 Å². The zero-order chi connectivity index (χ0) is 64.5. The molecule has 4 aliphatic heterocycles. The molecular formula is C62H68N6O22. The van der Waals surface area contributed by atoms with Crippen LogP contribution in [0.15, 0.2) is 109 Å². The molecule has 0 spiro atoms. The van der Waals surface area contributed by atoms with E-state index in [0.29, 0.717) is 67.1 Å². The van der Waals surface area contributed by atoms with Crippen LogP contribution in [0.5, 0.6) is 23.0 Å². The molecule has 28 nitrogen and oxygen atoms in total. The molecule has 478 valence electrons. The summed E-state index contributed by atoms with van der Waals surface area (Å²) in [5.41, 5.74) is 13.2. The SMILES string of the molecule is COc1cc([C@@H]2O[C@H](CN3C=C(COC(=O)c4cccc(C(=O)OCC5=CN(C[C@H]6O[C@@H](c7cc(OC)c8ccccc8c7OC)[C@H](OC(C)=O)[C@@H](OC(C)=O)[C@H]6OC(C)=O)NN5)c4)NN3)[C@H](OC(C)=O)[C@H](OC(C)=O)[C@H]2OC(C)=O)c(OC)c2ccccc12. The molecule has 4 N–H and O–H groups in total. The number of rotatable bonds is 22. The van der Waals surface area contributed by atoms with Gasteiger partial charge in [-0.3, -0.25) is 38.8 Å². The normalized spacial score (nSPS) is 22.7. The lowest BCUT2D eigenvalue weighted by atomic mass is 9.88. The molecule has 5 aromatic rings. The van der Waals surface area contributed by atoms with E-state index in [1.54, 1.807) is 24.5 Å². The van der Waals surface area contributed by atoms with Gasteiger partial charge in [0.1, 0.15) is 60.6 Å². The number of fused-ring (bicyclic) bond motifs is 2. The molecule has 0 aliphatic carbocycles. The molecule has 90 heavy (non-hydrogen) atoms. The van der Waals surface area contributed by atoms with E-state index in [2.05, 4.69) is 21.9 Å². The molecule has 4 heterocycles. The van der Waals surface area contributed by atoms with Crippen molar-refractivity contribution in [3.05, 3.63) is 131 Å². The van der Waals surface area contributed by atoms with E-state index in [9.17, 15) is 38.4 Å². The quantitative estimate of drug-likeness (QED) is 0.0546. The lowest BCUT2D eigenvalue weighted by Gasteiger charge is -2.45. The Morgan fingerprint density at radius 3 is 1.11 bits per heavy atom. The highest BCUT2D eigenvalue weighted by molar-refractivity contribution is 5.97. The van der Waals surface area contributed by atoms with E-state index in [-0.39, 0.29) is 37.4 Å². The molecule has 2 fully saturated rings. The Labute approximate surface area is 515 Å². The molecule has 28 heteroatoms. The van der Waals surface area contributed by atoms with Crippen LogP contribution in [0.2, 0.25) is 0 Å². The van der Waals surface area contributed by atoms with Crippen LogP contribution in [-0.2, 0) is 76.1 Å². The number of carbonyl (C=O) groups is 8. The summed E-state index contributed by atoms with van der Waals surface area (Å²) in [6.07, 6.45) is -9.67. The third-order valence-electron chi connectivity index (χ3n) is 14.7. The Kier molecular flexibility index (Phi) is 20.5. The molecule has 10 atom stereocenters. The van der Waals surface area contributed by atoms with Crippen molar-refractivity contribution >= 4 is 69.3 Å². The fourth-order valence-corrected chi connectivity index (χ4v) is 11.2. The van der Waals surface area contributed by atoms with Gasteiger partial charge in [0.05, 0.1) is 64.0 Å². The van der Waals surface area contributed by atoms with Crippen molar-refractivity contribution < 1.29 is 105 Å². The lowest BCUT2D eigenvalue weighted by Crippen LogP contribution is -2.61. The van der Waals surface area contributed by atoms with Crippen LogP contribution in [0.4, 0.5) is 0 Å². The van der Waals surface area contributed by atoms with Crippen LogP contribution >= 0.6 is 0 Å². The summed E-state index contributed by atoms with van der Waals surface area (Å²) in [7, 11) is 5.92. The van der Waals surface area contributed by atoms with Crippen molar-refractivity contribution in [2.24, 2.45) is 0 Å². The summed E-state index contributed by atoms with van der Waals surface area (Å²) in [6, 6.07) is 23.6. The van der Waals surface area contributed by atoms with E-state index in [1.807, 2.05) is 48.5 Å². The molecule has 0 aromatic heterocycles. The van der Waals surface area contributed by atoms with Gasteiger partial charge in [0.15, 0.2) is 36.6 Å². The number of hydrogen-bond donors (Lipinski definition) is 4. The number of benzene rings is 5. The number of hydrazine groups is 4. The van der Waals surface area contributed by atoms with Crippen LogP contribution < -0.4 is 40.9 Å². The number of nitrogens with one attached hydrogen (secondary N) is 4. The third kappa shape index (κ3) is 14.6. The number of ether oxygens (including phenoxy) is 14. The number of esters is 8. The minimum atomic E-state index is -1.39. The van der Waals surface area contributed by atoms with Gasteiger partial charge in [-0.25, -0.2) is 9.59 Å². The predicted octanol–water partition coefficient (Wildman–Crippen LogP) is 4.54. The molecule has 9 rings (SSSR count). The molecular weight excluding hydrogens is 1180 g/mol. The van der Waals surface area contributed by atoms with Crippen LogP contribution in [0.1, 0.15) is 85.6 Å². The van der Waals surface area contributed by atoms with Gasteiger partial charge in [0.25, 0.3) is 0 Å². The molecule has 0 radical (unpaired) electrons. The van der Waals surface area contributed by atoms with Gasteiger partial charge in [-0.2, -0.15) is 0 Å².